The van der Waals surface area contributed by atoms with Crippen LogP contribution in [0, 0.1) is 0 Å². The summed E-state index contributed by atoms with van der Waals surface area (Å²) in [6.45, 7) is 2.97. The highest BCUT2D eigenvalue weighted by Crippen LogP contribution is 2.39. The molecule has 0 saturated carbocycles. The Labute approximate surface area is 188 Å². The van der Waals surface area contributed by atoms with Gasteiger partial charge in [0.05, 0.1) is 23.3 Å². The fourth-order valence-corrected chi connectivity index (χ4v) is 4.72. The van der Waals surface area contributed by atoms with Crippen molar-refractivity contribution in [3.05, 3.63) is 46.4 Å². The van der Waals surface area contributed by atoms with E-state index in [2.05, 4.69) is 0 Å². The Bertz CT molecular complexity index is 747. The second-order valence-corrected chi connectivity index (χ2v) is 10.0. The second kappa shape index (κ2) is 12.9. The van der Waals surface area contributed by atoms with Crippen molar-refractivity contribution in [2.24, 2.45) is 0 Å². The molecular weight excluding hydrogens is 459 g/mol. The first-order chi connectivity index (χ1) is 13.5. The van der Waals surface area contributed by atoms with E-state index in [1.54, 1.807) is 11.8 Å². The number of hydrogen-bond donors (Lipinski definition) is 0. The zero-order valence-electron chi connectivity index (χ0n) is 15.6. The summed E-state index contributed by atoms with van der Waals surface area (Å²) in [5, 5.41) is 0.961. The normalized spacial score (nSPS) is 12.0. The Kier molecular flexibility index (Phi) is 10.9. The molecule has 1 unspecified atom stereocenters. The maximum atomic E-state index is 11.4. The third-order valence-electron chi connectivity index (χ3n) is 3.66. The van der Waals surface area contributed by atoms with Crippen LogP contribution in [0.1, 0.15) is 19.8 Å². The summed E-state index contributed by atoms with van der Waals surface area (Å²) in [5.74, 6) is 3.19. The van der Waals surface area contributed by atoms with Gasteiger partial charge in [0.2, 0.25) is 0 Å². The molecule has 2 aromatic rings. The maximum absolute atomic E-state index is 11.4. The van der Waals surface area contributed by atoms with Crippen LogP contribution in [0.15, 0.2) is 46.2 Å². The Morgan fingerprint density at radius 1 is 0.964 bits per heavy atom. The lowest BCUT2D eigenvalue weighted by Crippen LogP contribution is -2.05. The van der Waals surface area contributed by atoms with Crippen molar-refractivity contribution >= 4 is 57.4 Å². The number of ether oxygens (including phenoxy) is 2. The lowest BCUT2D eigenvalue weighted by atomic mass is 10.3. The van der Waals surface area contributed by atoms with E-state index in [9.17, 15) is 4.21 Å². The largest absolute Gasteiger partial charge is 0.494 e. The van der Waals surface area contributed by atoms with E-state index < -0.39 is 10.8 Å². The van der Waals surface area contributed by atoms with Crippen LogP contribution in [0.4, 0.5) is 0 Å². The van der Waals surface area contributed by atoms with Gasteiger partial charge in [-0.05, 0) is 49.2 Å². The van der Waals surface area contributed by atoms with Gasteiger partial charge >= 0.3 is 0 Å². The number of halogens is 3. The van der Waals surface area contributed by atoms with E-state index >= 15 is 0 Å². The molecule has 0 fully saturated rings. The summed E-state index contributed by atoms with van der Waals surface area (Å²) in [4.78, 5) is 1.97. The van der Waals surface area contributed by atoms with Crippen molar-refractivity contribution in [3.8, 4) is 11.5 Å². The van der Waals surface area contributed by atoms with Gasteiger partial charge in [-0.25, -0.2) is 0 Å². The number of rotatable bonds is 12. The van der Waals surface area contributed by atoms with Crippen molar-refractivity contribution in [2.45, 2.75) is 29.6 Å². The highest BCUT2D eigenvalue weighted by molar-refractivity contribution is 7.99. The Morgan fingerprint density at radius 2 is 1.61 bits per heavy atom. The number of hydrogen-bond acceptors (Lipinski definition) is 4. The summed E-state index contributed by atoms with van der Waals surface area (Å²) >= 11 is 19.8. The number of alkyl halides is 1. The minimum absolute atomic E-state index is 0.477. The molecule has 8 heteroatoms. The minimum atomic E-state index is -0.739. The summed E-state index contributed by atoms with van der Waals surface area (Å²) in [5.41, 5.74) is 0. The molecule has 0 heterocycles. The molecule has 0 aliphatic rings. The zero-order valence-corrected chi connectivity index (χ0v) is 19.5. The first kappa shape index (κ1) is 23.7. The van der Waals surface area contributed by atoms with E-state index in [0.717, 1.165) is 28.4 Å². The predicted molar refractivity (Wildman–Crippen MR) is 122 cm³/mol. The topological polar surface area (TPSA) is 35.5 Å². The molecule has 3 nitrogen and oxygen atoms in total. The van der Waals surface area contributed by atoms with Gasteiger partial charge in [0.1, 0.15) is 5.75 Å². The fourth-order valence-electron chi connectivity index (χ4n) is 2.26. The van der Waals surface area contributed by atoms with Crippen molar-refractivity contribution in [3.63, 3.8) is 0 Å². The average Bonchev–Trinajstić information content (AvgIpc) is 2.68. The van der Waals surface area contributed by atoms with Gasteiger partial charge in [-0.1, -0.05) is 41.9 Å². The summed E-state index contributed by atoms with van der Waals surface area (Å²) in [6, 6.07) is 11.5. The predicted octanol–water partition coefficient (Wildman–Crippen LogP) is 6.69. The van der Waals surface area contributed by atoms with Crippen molar-refractivity contribution in [2.75, 3.05) is 30.6 Å². The Balaban J connectivity index is 1.90. The van der Waals surface area contributed by atoms with Crippen LogP contribution < -0.4 is 9.47 Å². The lowest BCUT2D eigenvalue weighted by Gasteiger charge is -2.11. The molecule has 0 aromatic heterocycles. The highest BCUT2D eigenvalue weighted by Gasteiger charge is 2.11. The first-order valence-corrected chi connectivity index (χ1v) is 12.6. The van der Waals surface area contributed by atoms with E-state index in [4.69, 9.17) is 44.3 Å². The molecule has 0 saturated heterocycles. The molecule has 0 amide bonds. The van der Waals surface area contributed by atoms with Crippen molar-refractivity contribution in [1.29, 1.82) is 0 Å². The molecule has 0 N–H and O–H groups in total. The second-order valence-electron chi connectivity index (χ2n) is 5.82. The number of benzene rings is 2. The molecule has 154 valence electrons. The van der Waals surface area contributed by atoms with Gasteiger partial charge < -0.3 is 9.47 Å². The van der Waals surface area contributed by atoms with Gasteiger partial charge in [-0.3, -0.25) is 4.21 Å². The quantitative estimate of drug-likeness (QED) is 0.250. The summed E-state index contributed by atoms with van der Waals surface area (Å²) < 4.78 is 22.7. The molecule has 0 aliphatic carbocycles. The summed E-state index contributed by atoms with van der Waals surface area (Å²) in [6.07, 6.45) is 1.52. The van der Waals surface area contributed by atoms with Crippen LogP contribution in [0.25, 0.3) is 0 Å². The molecule has 0 bridgehead atoms. The van der Waals surface area contributed by atoms with Crippen molar-refractivity contribution in [1.82, 2.24) is 0 Å². The van der Waals surface area contributed by atoms with E-state index in [1.165, 1.54) is 0 Å². The Hall–Kier alpha value is -0.590. The zero-order chi connectivity index (χ0) is 20.4. The monoisotopic (exact) mass is 480 g/mol. The molecule has 1 atom stereocenters. The standard InChI is InChI=1S/C20H23Cl3O3S2/c1-2-28(24)12-4-11-25-15-5-7-16(8-6-15)27-17-13-18(22)20(19(23)14-17)26-10-3-9-21/h5-8,13-14H,2-4,9-12H2,1H3. The third-order valence-corrected chi connectivity index (χ3v) is 6.86. The Morgan fingerprint density at radius 3 is 2.21 bits per heavy atom. The molecule has 2 rings (SSSR count). The SMILES string of the molecule is CCS(=O)CCCOc1ccc(Sc2cc(Cl)c(OCCCCl)c(Cl)c2)cc1. The maximum Gasteiger partial charge on any atom is 0.156 e. The van der Waals surface area contributed by atoms with Crippen LogP contribution in [0.3, 0.4) is 0 Å². The van der Waals surface area contributed by atoms with Crippen LogP contribution >= 0.6 is 46.6 Å². The van der Waals surface area contributed by atoms with Gasteiger partial charge in [0, 0.05) is 38.0 Å². The summed E-state index contributed by atoms with van der Waals surface area (Å²) in [7, 11) is -0.739. The van der Waals surface area contributed by atoms with Crippen LogP contribution in [-0.4, -0.2) is 34.8 Å². The smallest absolute Gasteiger partial charge is 0.156 e. The average molecular weight is 482 g/mol. The highest BCUT2D eigenvalue weighted by atomic mass is 35.5. The van der Waals surface area contributed by atoms with E-state index in [0.29, 0.717) is 46.4 Å². The van der Waals surface area contributed by atoms with Crippen LogP contribution in [-0.2, 0) is 10.8 Å². The minimum Gasteiger partial charge on any atom is -0.494 e. The van der Waals surface area contributed by atoms with Crippen molar-refractivity contribution < 1.29 is 13.7 Å². The van der Waals surface area contributed by atoms with Gasteiger partial charge in [-0.15, -0.1) is 11.6 Å². The molecule has 0 radical (unpaired) electrons. The first-order valence-electron chi connectivity index (χ1n) is 8.97. The fraction of sp³-hybridized carbons (Fsp3) is 0.400. The van der Waals surface area contributed by atoms with Gasteiger partial charge in [0.25, 0.3) is 0 Å². The lowest BCUT2D eigenvalue weighted by molar-refractivity contribution is 0.318. The molecule has 0 spiro atoms. The molecule has 28 heavy (non-hydrogen) atoms. The molecule has 2 aromatic carbocycles. The van der Waals surface area contributed by atoms with Gasteiger partial charge in [-0.2, -0.15) is 0 Å². The van der Waals surface area contributed by atoms with Gasteiger partial charge in [0.15, 0.2) is 5.75 Å². The van der Waals surface area contributed by atoms with Crippen LogP contribution in [0.2, 0.25) is 10.0 Å². The van der Waals surface area contributed by atoms with E-state index in [-0.39, 0.29) is 0 Å². The molecule has 0 aliphatic heterocycles. The third kappa shape index (κ3) is 8.03. The molecular formula is C20H23Cl3O3S2. The van der Waals surface area contributed by atoms with Crippen LogP contribution in [0.5, 0.6) is 11.5 Å². The van der Waals surface area contributed by atoms with E-state index in [1.807, 2.05) is 43.3 Å².